The van der Waals surface area contributed by atoms with Crippen molar-refractivity contribution in [1.29, 1.82) is 0 Å². The predicted molar refractivity (Wildman–Crippen MR) is 83.2 cm³/mol. The second-order valence-electron chi connectivity index (χ2n) is 4.89. The van der Waals surface area contributed by atoms with Gasteiger partial charge in [0.25, 0.3) is 0 Å². The quantitative estimate of drug-likeness (QED) is 0.883. The summed E-state index contributed by atoms with van der Waals surface area (Å²) in [6.07, 6.45) is -0.0594. The van der Waals surface area contributed by atoms with Crippen molar-refractivity contribution in [2.75, 3.05) is 7.11 Å². The molecule has 0 aliphatic heterocycles. The van der Waals surface area contributed by atoms with Crippen molar-refractivity contribution in [3.63, 3.8) is 0 Å². The first-order valence-corrected chi connectivity index (χ1v) is 7.48. The van der Waals surface area contributed by atoms with Gasteiger partial charge in [-0.05, 0) is 43.7 Å². The number of hydrogen-bond acceptors (Lipinski definition) is 4. The largest absolute Gasteiger partial charge is 0.497 e. The van der Waals surface area contributed by atoms with Crippen molar-refractivity contribution in [3.8, 4) is 5.75 Å². The van der Waals surface area contributed by atoms with E-state index in [2.05, 4.69) is 19.1 Å². The lowest BCUT2D eigenvalue weighted by atomic mass is 10.1. The summed E-state index contributed by atoms with van der Waals surface area (Å²) in [5, 5.41) is 0. The molecule has 2 atom stereocenters. The first-order valence-electron chi connectivity index (χ1n) is 6.66. The van der Waals surface area contributed by atoms with Crippen LogP contribution in [-0.4, -0.2) is 13.2 Å². The van der Waals surface area contributed by atoms with Gasteiger partial charge in [0, 0.05) is 15.8 Å². The average Bonchev–Trinajstić information content (AvgIpc) is 2.86. The summed E-state index contributed by atoms with van der Waals surface area (Å²) in [5.41, 5.74) is 7.16. The topological polar surface area (TPSA) is 44.5 Å². The van der Waals surface area contributed by atoms with Crippen LogP contribution in [0.4, 0.5) is 0 Å². The van der Waals surface area contributed by atoms with Gasteiger partial charge in [-0.2, -0.15) is 0 Å². The van der Waals surface area contributed by atoms with Gasteiger partial charge in [-0.25, -0.2) is 0 Å². The molecule has 0 aliphatic carbocycles. The maximum atomic E-state index is 6.05. The lowest BCUT2D eigenvalue weighted by Crippen LogP contribution is -2.26. The van der Waals surface area contributed by atoms with Crippen LogP contribution in [-0.2, 0) is 11.3 Å². The minimum atomic E-state index is -0.0594. The molecule has 0 radical (unpaired) electrons. The van der Waals surface area contributed by atoms with E-state index in [9.17, 15) is 0 Å². The fourth-order valence-corrected chi connectivity index (χ4v) is 3.05. The Morgan fingerprint density at radius 1 is 1.15 bits per heavy atom. The Morgan fingerprint density at radius 2 is 1.85 bits per heavy atom. The predicted octanol–water partition coefficient (Wildman–Crippen LogP) is 3.67. The highest BCUT2D eigenvalue weighted by Gasteiger charge is 2.18. The molecule has 2 rings (SSSR count). The molecular formula is C16H21NO2S. The summed E-state index contributed by atoms with van der Waals surface area (Å²) in [6, 6.07) is 12.1. The highest BCUT2D eigenvalue weighted by atomic mass is 32.1. The van der Waals surface area contributed by atoms with Gasteiger partial charge in [0.05, 0.1) is 13.7 Å². The van der Waals surface area contributed by atoms with Crippen molar-refractivity contribution in [2.24, 2.45) is 5.73 Å². The van der Waals surface area contributed by atoms with Crippen LogP contribution in [0.3, 0.4) is 0 Å². The molecule has 0 fully saturated rings. The molecule has 0 aliphatic rings. The van der Waals surface area contributed by atoms with Gasteiger partial charge in [-0.15, -0.1) is 11.3 Å². The molecule has 4 heteroatoms. The Kier molecular flexibility index (Phi) is 5.17. The van der Waals surface area contributed by atoms with E-state index in [1.165, 1.54) is 9.75 Å². The van der Waals surface area contributed by atoms with E-state index in [-0.39, 0.29) is 12.1 Å². The molecule has 1 heterocycles. The number of methoxy groups -OCH3 is 1. The van der Waals surface area contributed by atoms with Gasteiger partial charge < -0.3 is 15.2 Å². The maximum Gasteiger partial charge on any atom is 0.118 e. The van der Waals surface area contributed by atoms with E-state index in [0.29, 0.717) is 6.61 Å². The Bertz CT molecular complexity index is 534. The van der Waals surface area contributed by atoms with Crippen LogP contribution >= 0.6 is 11.3 Å². The van der Waals surface area contributed by atoms with Gasteiger partial charge >= 0.3 is 0 Å². The number of nitrogens with two attached hydrogens (primary N) is 1. The standard InChI is InChI=1S/C16H21NO2S/c1-11-4-9-15(20-11)16(12(2)17)19-10-13-5-7-14(18-3)8-6-13/h4-9,12,16H,10,17H2,1-3H3. The second-order valence-corrected chi connectivity index (χ2v) is 6.21. The summed E-state index contributed by atoms with van der Waals surface area (Å²) >= 11 is 1.74. The lowest BCUT2D eigenvalue weighted by molar-refractivity contribution is 0.0282. The fourth-order valence-electron chi connectivity index (χ4n) is 2.01. The van der Waals surface area contributed by atoms with Crippen molar-refractivity contribution in [2.45, 2.75) is 32.6 Å². The molecule has 0 saturated heterocycles. The van der Waals surface area contributed by atoms with Crippen LogP contribution in [0.2, 0.25) is 0 Å². The van der Waals surface area contributed by atoms with Gasteiger partial charge in [0.2, 0.25) is 0 Å². The molecule has 0 spiro atoms. The van der Waals surface area contributed by atoms with Crippen LogP contribution in [0.25, 0.3) is 0 Å². The summed E-state index contributed by atoms with van der Waals surface area (Å²) < 4.78 is 11.2. The van der Waals surface area contributed by atoms with Gasteiger partial charge in [-0.3, -0.25) is 0 Å². The molecule has 0 bridgehead atoms. The molecular weight excluding hydrogens is 270 g/mol. The van der Waals surface area contributed by atoms with E-state index in [4.69, 9.17) is 15.2 Å². The Hall–Kier alpha value is -1.36. The Labute approximate surface area is 124 Å². The third-order valence-corrected chi connectivity index (χ3v) is 4.17. The number of hydrogen-bond donors (Lipinski definition) is 1. The first-order chi connectivity index (χ1) is 9.60. The van der Waals surface area contributed by atoms with Crippen LogP contribution in [0.15, 0.2) is 36.4 Å². The molecule has 3 nitrogen and oxygen atoms in total. The fraction of sp³-hybridized carbons (Fsp3) is 0.375. The third-order valence-electron chi connectivity index (χ3n) is 3.11. The first kappa shape index (κ1) is 15.0. The monoisotopic (exact) mass is 291 g/mol. The van der Waals surface area contributed by atoms with E-state index in [1.807, 2.05) is 31.2 Å². The molecule has 0 amide bonds. The minimum Gasteiger partial charge on any atom is -0.497 e. The highest BCUT2D eigenvalue weighted by molar-refractivity contribution is 7.12. The van der Waals surface area contributed by atoms with Crippen LogP contribution in [0.1, 0.15) is 28.3 Å². The number of ether oxygens (including phenoxy) is 2. The van der Waals surface area contributed by atoms with Crippen molar-refractivity contribution >= 4 is 11.3 Å². The van der Waals surface area contributed by atoms with E-state index in [1.54, 1.807) is 18.4 Å². The molecule has 2 N–H and O–H groups in total. The molecule has 2 unspecified atom stereocenters. The zero-order valence-corrected chi connectivity index (χ0v) is 12.9. The zero-order valence-electron chi connectivity index (χ0n) is 12.1. The summed E-state index contributed by atoms with van der Waals surface area (Å²) in [4.78, 5) is 2.46. The summed E-state index contributed by atoms with van der Waals surface area (Å²) in [5.74, 6) is 0.853. The number of benzene rings is 1. The zero-order chi connectivity index (χ0) is 14.5. The van der Waals surface area contributed by atoms with Crippen molar-refractivity contribution in [1.82, 2.24) is 0 Å². The maximum absolute atomic E-state index is 6.05. The van der Waals surface area contributed by atoms with E-state index < -0.39 is 0 Å². The van der Waals surface area contributed by atoms with Crippen molar-refractivity contribution < 1.29 is 9.47 Å². The minimum absolute atomic E-state index is 0.0358. The van der Waals surface area contributed by atoms with E-state index >= 15 is 0 Å². The lowest BCUT2D eigenvalue weighted by Gasteiger charge is -2.20. The van der Waals surface area contributed by atoms with Gasteiger partial charge in [0.15, 0.2) is 0 Å². The Balaban J connectivity index is 2.01. The molecule has 20 heavy (non-hydrogen) atoms. The molecule has 1 aromatic heterocycles. The molecule has 0 saturated carbocycles. The van der Waals surface area contributed by atoms with Crippen LogP contribution in [0.5, 0.6) is 5.75 Å². The number of aryl methyl sites for hydroxylation is 1. The Morgan fingerprint density at radius 3 is 2.35 bits per heavy atom. The average molecular weight is 291 g/mol. The second kappa shape index (κ2) is 6.88. The number of rotatable bonds is 6. The third kappa shape index (κ3) is 3.82. The molecule has 108 valence electrons. The summed E-state index contributed by atoms with van der Waals surface area (Å²) in [7, 11) is 1.66. The highest BCUT2D eigenvalue weighted by Crippen LogP contribution is 2.28. The van der Waals surface area contributed by atoms with E-state index in [0.717, 1.165) is 11.3 Å². The van der Waals surface area contributed by atoms with Gasteiger partial charge in [-0.1, -0.05) is 12.1 Å². The molecule has 2 aromatic rings. The number of thiophene rings is 1. The normalized spacial score (nSPS) is 14.0. The SMILES string of the molecule is COc1ccc(COC(c2ccc(C)s2)C(C)N)cc1. The van der Waals surface area contributed by atoms with Crippen LogP contribution in [0, 0.1) is 6.92 Å². The van der Waals surface area contributed by atoms with Crippen molar-refractivity contribution in [3.05, 3.63) is 51.7 Å². The van der Waals surface area contributed by atoms with Crippen LogP contribution < -0.4 is 10.5 Å². The smallest absolute Gasteiger partial charge is 0.118 e. The van der Waals surface area contributed by atoms with Gasteiger partial charge in [0.1, 0.15) is 11.9 Å². The molecule has 1 aromatic carbocycles. The summed E-state index contributed by atoms with van der Waals surface area (Å²) in [6.45, 7) is 4.62.